The summed E-state index contributed by atoms with van der Waals surface area (Å²) in [7, 11) is 0. The van der Waals surface area contributed by atoms with Crippen molar-refractivity contribution < 1.29 is 9.53 Å². The lowest BCUT2D eigenvalue weighted by Crippen LogP contribution is -2.45. The van der Waals surface area contributed by atoms with E-state index in [1.54, 1.807) is 0 Å². The van der Waals surface area contributed by atoms with E-state index in [1.165, 1.54) is 11.3 Å². The predicted molar refractivity (Wildman–Crippen MR) is 91.8 cm³/mol. The lowest BCUT2D eigenvalue weighted by Gasteiger charge is -2.27. The van der Waals surface area contributed by atoms with Crippen LogP contribution >= 0.6 is 0 Å². The largest absolute Gasteiger partial charge is 0.378 e. The van der Waals surface area contributed by atoms with Crippen molar-refractivity contribution in [3.63, 3.8) is 0 Å². The van der Waals surface area contributed by atoms with Crippen molar-refractivity contribution in [3.05, 3.63) is 29.8 Å². The smallest absolute Gasteiger partial charge is 0.224 e. The fraction of sp³-hybridized carbons (Fsp3) is 0.611. The van der Waals surface area contributed by atoms with Crippen LogP contribution in [0, 0.1) is 6.92 Å². The highest BCUT2D eigenvalue weighted by molar-refractivity contribution is 5.77. The number of aryl methyl sites for hydroxylation is 1. The van der Waals surface area contributed by atoms with Gasteiger partial charge in [-0.05, 0) is 25.0 Å². The summed E-state index contributed by atoms with van der Waals surface area (Å²) in [6.07, 6.45) is 1.57. The molecule has 0 aliphatic carbocycles. The van der Waals surface area contributed by atoms with Gasteiger partial charge in [0, 0.05) is 50.9 Å². The minimum Gasteiger partial charge on any atom is -0.378 e. The van der Waals surface area contributed by atoms with Crippen molar-refractivity contribution in [1.82, 2.24) is 10.2 Å². The van der Waals surface area contributed by atoms with Gasteiger partial charge in [0.1, 0.15) is 0 Å². The molecule has 0 bridgehead atoms. The van der Waals surface area contributed by atoms with Crippen LogP contribution in [0.25, 0.3) is 0 Å². The third-order valence-corrected chi connectivity index (χ3v) is 4.72. The molecule has 0 saturated carbocycles. The third kappa shape index (κ3) is 4.24. The lowest BCUT2D eigenvalue weighted by atomic mass is 10.1. The maximum Gasteiger partial charge on any atom is 0.224 e. The second kappa shape index (κ2) is 7.79. The molecule has 3 rings (SSSR count). The molecule has 1 amide bonds. The molecule has 0 unspecified atom stereocenters. The van der Waals surface area contributed by atoms with Crippen LogP contribution in [0.4, 0.5) is 5.69 Å². The molecule has 0 spiro atoms. The molecule has 2 fully saturated rings. The first-order valence-electron chi connectivity index (χ1n) is 8.63. The van der Waals surface area contributed by atoms with Gasteiger partial charge in [0.15, 0.2) is 0 Å². The molecule has 1 N–H and O–H groups in total. The number of nitrogens with one attached hydrogen (secondary N) is 1. The maximum atomic E-state index is 12.5. The first kappa shape index (κ1) is 16.3. The molecule has 126 valence electrons. The zero-order chi connectivity index (χ0) is 16.1. The first-order valence-corrected chi connectivity index (χ1v) is 8.63. The Balaban J connectivity index is 1.55. The quantitative estimate of drug-likeness (QED) is 0.916. The fourth-order valence-electron chi connectivity index (χ4n) is 3.42. The van der Waals surface area contributed by atoms with Crippen molar-refractivity contribution in [2.45, 2.75) is 25.8 Å². The SMILES string of the molecule is Cc1ccccc1N1CCCN(C(=O)C[C@H]2COCCN2)CC1. The second-order valence-corrected chi connectivity index (χ2v) is 6.44. The van der Waals surface area contributed by atoms with Gasteiger partial charge in [0.25, 0.3) is 0 Å². The normalized spacial score (nSPS) is 22.7. The van der Waals surface area contributed by atoms with Gasteiger partial charge in [-0.2, -0.15) is 0 Å². The Morgan fingerprint density at radius 3 is 2.91 bits per heavy atom. The molecule has 2 aliphatic heterocycles. The van der Waals surface area contributed by atoms with E-state index < -0.39 is 0 Å². The monoisotopic (exact) mass is 317 g/mol. The Labute approximate surface area is 138 Å². The molecule has 5 heteroatoms. The molecule has 0 radical (unpaired) electrons. The summed E-state index contributed by atoms with van der Waals surface area (Å²) in [5.41, 5.74) is 2.60. The van der Waals surface area contributed by atoms with Gasteiger partial charge in [-0.15, -0.1) is 0 Å². The standard InChI is InChI=1S/C18H27N3O2/c1-15-5-2-3-6-17(15)20-8-4-9-21(11-10-20)18(22)13-16-14-23-12-7-19-16/h2-3,5-6,16,19H,4,7-14H2,1H3/t16-/m0/s1. The molecule has 1 atom stereocenters. The van der Waals surface area contributed by atoms with Gasteiger partial charge in [0.2, 0.25) is 5.91 Å². The Bertz CT molecular complexity index is 529. The highest BCUT2D eigenvalue weighted by atomic mass is 16.5. The summed E-state index contributed by atoms with van der Waals surface area (Å²) in [5.74, 6) is 0.250. The van der Waals surface area contributed by atoms with Gasteiger partial charge < -0.3 is 19.9 Å². The van der Waals surface area contributed by atoms with Gasteiger partial charge >= 0.3 is 0 Å². The van der Waals surface area contributed by atoms with Gasteiger partial charge in [-0.1, -0.05) is 18.2 Å². The fourth-order valence-corrected chi connectivity index (χ4v) is 3.42. The van der Waals surface area contributed by atoms with E-state index in [0.29, 0.717) is 13.0 Å². The minimum atomic E-state index is 0.173. The number of hydrogen-bond donors (Lipinski definition) is 1. The van der Waals surface area contributed by atoms with Crippen LogP contribution in [0.5, 0.6) is 0 Å². The van der Waals surface area contributed by atoms with E-state index >= 15 is 0 Å². The maximum absolute atomic E-state index is 12.5. The average Bonchev–Trinajstić information content (AvgIpc) is 2.82. The van der Waals surface area contributed by atoms with E-state index in [1.807, 2.05) is 4.90 Å². The average molecular weight is 317 g/mol. The molecule has 2 heterocycles. The Kier molecular flexibility index (Phi) is 5.51. The highest BCUT2D eigenvalue weighted by Gasteiger charge is 2.23. The van der Waals surface area contributed by atoms with E-state index in [9.17, 15) is 4.79 Å². The Hall–Kier alpha value is -1.59. The Morgan fingerprint density at radius 2 is 2.13 bits per heavy atom. The van der Waals surface area contributed by atoms with Gasteiger partial charge in [0.05, 0.1) is 13.2 Å². The molecule has 2 saturated heterocycles. The number of carbonyl (C=O) groups excluding carboxylic acids is 1. The van der Waals surface area contributed by atoms with Crippen LogP contribution in [-0.4, -0.2) is 62.8 Å². The van der Waals surface area contributed by atoms with Gasteiger partial charge in [-0.25, -0.2) is 0 Å². The molecule has 0 aromatic heterocycles. The van der Waals surface area contributed by atoms with E-state index in [-0.39, 0.29) is 11.9 Å². The number of anilines is 1. The van der Waals surface area contributed by atoms with Crippen LogP contribution in [0.1, 0.15) is 18.4 Å². The summed E-state index contributed by atoms with van der Waals surface area (Å²) >= 11 is 0. The van der Waals surface area contributed by atoms with E-state index in [0.717, 1.165) is 45.8 Å². The van der Waals surface area contributed by atoms with Gasteiger partial charge in [-0.3, -0.25) is 4.79 Å². The van der Waals surface area contributed by atoms with Crippen molar-refractivity contribution in [2.75, 3.05) is 50.8 Å². The van der Waals surface area contributed by atoms with Crippen LogP contribution in [-0.2, 0) is 9.53 Å². The molecule has 1 aromatic carbocycles. The van der Waals surface area contributed by atoms with Crippen molar-refractivity contribution in [2.24, 2.45) is 0 Å². The van der Waals surface area contributed by atoms with Crippen LogP contribution in [0.2, 0.25) is 0 Å². The van der Waals surface area contributed by atoms with Crippen LogP contribution in [0.15, 0.2) is 24.3 Å². The zero-order valence-corrected chi connectivity index (χ0v) is 14.0. The summed E-state index contributed by atoms with van der Waals surface area (Å²) in [4.78, 5) is 17.0. The molecular weight excluding hydrogens is 290 g/mol. The van der Waals surface area contributed by atoms with E-state index in [4.69, 9.17) is 4.74 Å². The summed E-state index contributed by atoms with van der Waals surface area (Å²) in [6, 6.07) is 8.66. The number of hydrogen-bond acceptors (Lipinski definition) is 4. The first-order chi connectivity index (χ1) is 11.2. The van der Waals surface area contributed by atoms with Crippen LogP contribution < -0.4 is 10.2 Å². The lowest BCUT2D eigenvalue weighted by molar-refractivity contribution is -0.132. The second-order valence-electron chi connectivity index (χ2n) is 6.44. The topological polar surface area (TPSA) is 44.8 Å². The summed E-state index contributed by atoms with van der Waals surface area (Å²) in [6.45, 7) is 7.98. The summed E-state index contributed by atoms with van der Waals surface area (Å²) < 4.78 is 5.44. The number of ether oxygens (including phenoxy) is 1. The van der Waals surface area contributed by atoms with E-state index in [2.05, 4.69) is 41.4 Å². The molecular formula is C18H27N3O2. The van der Waals surface area contributed by atoms with Crippen LogP contribution in [0.3, 0.4) is 0 Å². The molecule has 2 aliphatic rings. The number of amides is 1. The summed E-state index contributed by atoms with van der Waals surface area (Å²) in [5, 5.41) is 3.36. The number of rotatable bonds is 3. The number of benzene rings is 1. The minimum absolute atomic E-state index is 0.173. The molecule has 23 heavy (non-hydrogen) atoms. The Morgan fingerprint density at radius 1 is 1.26 bits per heavy atom. The highest BCUT2D eigenvalue weighted by Crippen LogP contribution is 2.21. The molecule has 5 nitrogen and oxygen atoms in total. The van der Waals surface area contributed by atoms with Crippen molar-refractivity contribution >= 4 is 11.6 Å². The molecule has 1 aromatic rings. The number of carbonyl (C=O) groups is 1. The third-order valence-electron chi connectivity index (χ3n) is 4.72. The van der Waals surface area contributed by atoms with Crippen molar-refractivity contribution in [3.8, 4) is 0 Å². The number of nitrogens with zero attached hydrogens (tertiary/aromatic N) is 2. The zero-order valence-electron chi connectivity index (χ0n) is 14.0. The predicted octanol–water partition coefficient (Wildman–Crippen LogP) is 1.41. The number of para-hydroxylation sites is 1. The number of morpholine rings is 1. The van der Waals surface area contributed by atoms with Crippen molar-refractivity contribution in [1.29, 1.82) is 0 Å².